The Morgan fingerprint density at radius 3 is 2.48 bits per heavy atom. The summed E-state index contributed by atoms with van der Waals surface area (Å²) in [6.45, 7) is 6.83. The van der Waals surface area contributed by atoms with Gasteiger partial charge < -0.3 is 15.4 Å². The van der Waals surface area contributed by atoms with E-state index in [4.69, 9.17) is 4.74 Å². The van der Waals surface area contributed by atoms with Crippen molar-refractivity contribution in [2.24, 2.45) is 5.92 Å². The van der Waals surface area contributed by atoms with Gasteiger partial charge in [-0.25, -0.2) is 4.79 Å². The van der Waals surface area contributed by atoms with E-state index in [0.717, 1.165) is 31.7 Å². The molecule has 2 fully saturated rings. The molecule has 0 bridgehead atoms. The molecule has 2 atom stereocenters. The number of amides is 1. The third-order valence-electron chi connectivity index (χ3n) is 4.19. The lowest BCUT2D eigenvalue weighted by atomic mass is 10.0. The minimum absolute atomic E-state index is 0.263. The molecule has 1 aliphatic heterocycles. The first-order valence-corrected chi connectivity index (χ1v) is 9.38. The molecule has 0 aromatic heterocycles. The molecule has 1 heterocycles. The van der Waals surface area contributed by atoms with E-state index in [1.807, 2.05) is 20.8 Å². The number of ether oxygens (including phenoxy) is 1. The van der Waals surface area contributed by atoms with E-state index in [0.29, 0.717) is 6.04 Å². The zero-order chi connectivity index (χ0) is 15.3. The van der Waals surface area contributed by atoms with E-state index in [1.165, 1.54) is 24.3 Å². The van der Waals surface area contributed by atoms with Crippen molar-refractivity contribution in [1.29, 1.82) is 0 Å². The van der Waals surface area contributed by atoms with Crippen LogP contribution in [0.5, 0.6) is 0 Å². The maximum absolute atomic E-state index is 11.8. The van der Waals surface area contributed by atoms with Gasteiger partial charge in [0.05, 0.1) is 0 Å². The third kappa shape index (κ3) is 6.47. The fourth-order valence-electron chi connectivity index (χ4n) is 3.06. The van der Waals surface area contributed by atoms with Crippen LogP contribution in [-0.4, -0.2) is 41.8 Å². The van der Waals surface area contributed by atoms with Gasteiger partial charge in [0.25, 0.3) is 0 Å². The van der Waals surface area contributed by atoms with Crippen molar-refractivity contribution in [3.8, 4) is 0 Å². The summed E-state index contributed by atoms with van der Waals surface area (Å²) in [6.07, 6.45) is 5.66. The van der Waals surface area contributed by atoms with Crippen molar-refractivity contribution in [2.75, 3.05) is 18.1 Å². The Morgan fingerprint density at radius 1 is 1.14 bits per heavy atom. The van der Waals surface area contributed by atoms with Crippen molar-refractivity contribution in [3.05, 3.63) is 0 Å². The second-order valence-corrected chi connectivity index (χ2v) is 8.54. The number of alkyl carbamates (subject to hydrolysis) is 1. The van der Waals surface area contributed by atoms with E-state index in [9.17, 15) is 4.79 Å². The summed E-state index contributed by atoms with van der Waals surface area (Å²) in [6, 6.07) is 0.818. The Bertz CT molecular complexity index is 338. The molecule has 122 valence electrons. The van der Waals surface area contributed by atoms with Crippen LogP contribution in [0.2, 0.25) is 0 Å². The van der Waals surface area contributed by atoms with Gasteiger partial charge in [0.1, 0.15) is 5.60 Å². The Kier molecular flexibility index (Phi) is 6.23. The van der Waals surface area contributed by atoms with Crippen molar-refractivity contribution < 1.29 is 9.53 Å². The normalized spacial score (nSPS) is 27.6. The van der Waals surface area contributed by atoms with Gasteiger partial charge in [-0.05, 0) is 76.8 Å². The summed E-state index contributed by atoms with van der Waals surface area (Å²) < 4.78 is 5.32. The highest BCUT2D eigenvalue weighted by atomic mass is 32.2. The second kappa shape index (κ2) is 7.73. The van der Waals surface area contributed by atoms with Gasteiger partial charge in [-0.1, -0.05) is 0 Å². The Hall–Kier alpha value is -0.420. The molecule has 0 spiro atoms. The Balaban J connectivity index is 1.62. The van der Waals surface area contributed by atoms with Crippen LogP contribution in [0.3, 0.4) is 0 Å². The SMILES string of the molecule is CC(C)(C)OC(=O)NC1CCC(NCC2CCSCC2)C1. The molecular formula is C16H30N2O2S. The molecule has 1 saturated carbocycles. The molecule has 0 aromatic rings. The predicted molar refractivity (Wildman–Crippen MR) is 88.8 cm³/mol. The number of thioether (sulfide) groups is 1. The monoisotopic (exact) mass is 314 g/mol. The maximum atomic E-state index is 11.8. The highest BCUT2D eigenvalue weighted by Gasteiger charge is 2.28. The first-order chi connectivity index (χ1) is 9.92. The third-order valence-corrected chi connectivity index (χ3v) is 5.24. The molecule has 2 aliphatic rings. The van der Waals surface area contributed by atoms with Crippen LogP contribution in [0.1, 0.15) is 52.9 Å². The van der Waals surface area contributed by atoms with Gasteiger partial charge in [-0.2, -0.15) is 11.8 Å². The molecule has 2 N–H and O–H groups in total. The van der Waals surface area contributed by atoms with E-state index in [2.05, 4.69) is 22.4 Å². The number of hydrogen-bond donors (Lipinski definition) is 2. The van der Waals surface area contributed by atoms with E-state index >= 15 is 0 Å². The first kappa shape index (κ1) is 16.9. The quantitative estimate of drug-likeness (QED) is 0.837. The molecule has 2 rings (SSSR count). The van der Waals surface area contributed by atoms with Crippen LogP contribution in [0.25, 0.3) is 0 Å². The molecule has 0 radical (unpaired) electrons. The number of rotatable bonds is 4. The smallest absolute Gasteiger partial charge is 0.407 e. The number of nitrogens with one attached hydrogen (secondary N) is 2. The fraction of sp³-hybridized carbons (Fsp3) is 0.938. The van der Waals surface area contributed by atoms with E-state index in [-0.39, 0.29) is 12.1 Å². The topological polar surface area (TPSA) is 50.4 Å². The minimum atomic E-state index is -0.417. The predicted octanol–water partition coefficient (Wildman–Crippen LogP) is 3.17. The number of hydrogen-bond acceptors (Lipinski definition) is 4. The lowest BCUT2D eigenvalue weighted by Crippen LogP contribution is -2.39. The fourth-order valence-corrected chi connectivity index (χ4v) is 4.26. The molecule has 0 aromatic carbocycles. The summed E-state index contributed by atoms with van der Waals surface area (Å²) in [7, 11) is 0. The van der Waals surface area contributed by atoms with Crippen LogP contribution >= 0.6 is 11.8 Å². The number of carbonyl (C=O) groups excluding carboxylic acids is 1. The molecule has 2 unspecified atom stereocenters. The summed E-state index contributed by atoms with van der Waals surface area (Å²) in [5.41, 5.74) is -0.417. The molecule has 21 heavy (non-hydrogen) atoms. The minimum Gasteiger partial charge on any atom is -0.444 e. The van der Waals surface area contributed by atoms with Crippen molar-refractivity contribution >= 4 is 17.9 Å². The van der Waals surface area contributed by atoms with Crippen molar-refractivity contribution in [2.45, 2.75) is 70.6 Å². The van der Waals surface area contributed by atoms with Crippen LogP contribution in [-0.2, 0) is 4.74 Å². The van der Waals surface area contributed by atoms with Gasteiger partial charge >= 0.3 is 6.09 Å². The average molecular weight is 314 g/mol. The lowest BCUT2D eigenvalue weighted by molar-refractivity contribution is 0.0505. The van der Waals surface area contributed by atoms with Crippen molar-refractivity contribution in [1.82, 2.24) is 10.6 Å². The standard InChI is InChI=1S/C16H30N2O2S/c1-16(2,3)20-15(19)18-14-5-4-13(10-14)17-11-12-6-8-21-9-7-12/h12-14,17H,4-11H2,1-3H3,(H,18,19). The molecule has 1 amide bonds. The van der Waals surface area contributed by atoms with Gasteiger partial charge in [-0.3, -0.25) is 0 Å². The van der Waals surface area contributed by atoms with Crippen LogP contribution in [0.4, 0.5) is 4.79 Å². The largest absolute Gasteiger partial charge is 0.444 e. The molecule has 1 aliphatic carbocycles. The van der Waals surface area contributed by atoms with Gasteiger partial charge in [0.2, 0.25) is 0 Å². The zero-order valence-corrected chi connectivity index (χ0v) is 14.4. The van der Waals surface area contributed by atoms with Crippen LogP contribution < -0.4 is 10.6 Å². The highest BCUT2D eigenvalue weighted by Crippen LogP contribution is 2.24. The van der Waals surface area contributed by atoms with Crippen molar-refractivity contribution in [3.63, 3.8) is 0 Å². The average Bonchev–Trinajstić information content (AvgIpc) is 2.83. The Morgan fingerprint density at radius 2 is 1.81 bits per heavy atom. The summed E-state index contributed by atoms with van der Waals surface area (Å²) in [5.74, 6) is 3.49. The summed E-state index contributed by atoms with van der Waals surface area (Å²) in [4.78, 5) is 11.8. The van der Waals surface area contributed by atoms with E-state index < -0.39 is 5.60 Å². The molecular weight excluding hydrogens is 284 g/mol. The van der Waals surface area contributed by atoms with Crippen LogP contribution in [0.15, 0.2) is 0 Å². The highest BCUT2D eigenvalue weighted by molar-refractivity contribution is 7.99. The van der Waals surface area contributed by atoms with Gasteiger partial charge in [0.15, 0.2) is 0 Å². The zero-order valence-electron chi connectivity index (χ0n) is 13.6. The van der Waals surface area contributed by atoms with E-state index in [1.54, 1.807) is 0 Å². The van der Waals surface area contributed by atoms with Gasteiger partial charge in [0, 0.05) is 12.1 Å². The summed E-state index contributed by atoms with van der Waals surface area (Å²) in [5, 5.41) is 6.70. The van der Waals surface area contributed by atoms with Crippen LogP contribution in [0, 0.1) is 5.92 Å². The lowest BCUT2D eigenvalue weighted by Gasteiger charge is -2.24. The maximum Gasteiger partial charge on any atom is 0.407 e. The summed E-state index contributed by atoms with van der Waals surface area (Å²) >= 11 is 2.08. The molecule has 1 saturated heterocycles. The van der Waals surface area contributed by atoms with Gasteiger partial charge in [-0.15, -0.1) is 0 Å². The first-order valence-electron chi connectivity index (χ1n) is 8.23. The number of carbonyl (C=O) groups is 1. The molecule has 4 nitrogen and oxygen atoms in total. The molecule has 5 heteroatoms. The second-order valence-electron chi connectivity index (χ2n) is 7.32. The Labute approximate surface area is 133 Å².